The predicted molar refractivity (Wildman–Crippen MR) is 99.6 cm³/mol. The molecule has 1 aliphatic heterocycles. The van der Waals surface area contributed by atoms with Crippen LogP contribution in [-0.4, -0.2) is 30.7 Å². The maximum atomic E-state index is 13.1. The zero-order chi connectivity index (χ0) is 20.5. The van der Waals surface area contributed by atoms with Crippen molar-refractivity contribution in [1.29, 1.82) is 0 Å². The lowest BCUT2D eigenvalue weighted by Gasteiger charge is -2.43. The van der Waals surface area contributed by atoms with E-state index in [0.29, 0.717) is 11.0 Å². The molecule has 1 aliphatic rings. The first-order valence-corrected chi connectivity index (χ1v) is 8.62. The molecule has 9 heteroatoms. The number of allylic oxidation sites excluding steroid dienone is 1. The highest BCUT2D eigenvalue weighted by Gasteiger charge is 2.47. The zero-order valence-electron chi connectivity index (χ0n) is 14.7. The van der Waals surface area contributed by atoms with Gasteiger partial charge in [-0.25, -0.2) is 9.44 Å². The summed E-state index contributed by atoms with van der Waals surface area (Å²) < 4.78 is 43.0. The first-order valence-electron chi connectivity index (χ1n) is 8.24. The number of nitrogens with zero attached hydrogens (tertiary/aromatic N) is 2. The lowest BCUT2D eigenvalue weighted by molar-refractivity contribution is -0.107. The number of benzene rings is 2. The third-order valence-electron chi connectivity index (χ3n) is 4.36. The van der Waals surface area contributed by atoms with Gasteiger partial charge < -0.3 is 9.94 Å². The Balaban J connectivity index is 1.89. The summed E-state index contributed by atoms with van der Waals surface area (Å²) in [6.07, 6.45) is -4.01. The van der Waals surface area contributed by atoms with E-state index in [4.69, 9.17) is 16.3 Å². The first kappa shape index (κ1) is 20.2. The Morgan fingerprint density at radius 2 is 1.89 bits per heavy atom. The predicted octanol–water partition coefficient (Wildman–Crippen LogP) is 5.24. The number of quaternary nitrogens is 1. The maximum Gasteiger partial charge on any atom is 0.431 e. The van der Waals surface area contributed by atoms with E-state index in [9.17, 15) is 23.2 Å². The summed E-state index contributed by atoms with van der Waals surface area (Å²) in [6, 6.07) is 11.9. The summed E-state index contributed by atoms with van der Waals surface area (Å²) in [5.74, 6) is 0.164. The van der Waals surface area contributed by atoms with Crippen LogP contribution in [0.2, 0.25) is 5.02 Å². The van der Waals surface area contributed by atoms with Crippen molar-refractivity contribution in [2.45, 2.75) is 12.8 Å². The van der Waals surface area contributed by atoms with Crippen LogP contribution >= 0.6 is 11.6 Å². The van der Waals surface area contributed by atoms with Gasteiger partial charge >= 0.3 is 12.2 Å². The van der Waals surface area contributed by atoms with Crippen molar-refractivity contribution in [2.75, 3.05) is 13.6 Å². The van der Waals surface area contributed by atoms with E-state index >= 15 is 0 Å². The summed E-state index contributed by atoms with van der Waals surface area (Å²) in [7, 11) is 0.925. The van der Waals surface area contributed by atoms with E-state index in [1.165, 1.54) is 18.2 Å². The molecule has 0 saturated heterocycles. The number of alkyl halides is 3. The molecule has 0 N–H and O–H groups in total. The summed E-state index contributed by atoms with van der Waals surface area (Å²) in [4.78, 5) is 12.8. The topological polar surface area (TPSA) is 52.6 Å². The number of hydrogen-bond donors (Lipinski definition) is 0. The standard InChI is InChI=1S/C19H16ClF3N2O3/c1-24-17(19(21,22)23)9-10-25(27,18(24)26)14-7-8-15(20)16(11-14)28-12-13-5-3-2-4-6-13/h2-9,11H,10,12H2,1H3. The van der Waals surface area contributed by atoms with E-state index in [1.54, 1.807) is 0 Å². The van der Waals surface area contributed by atoms with Crippen molar-refractivity contribution in [2.24, 2.45) is 0 Å². The van der Waals surface area contributed by atoms with Crippen LogP contribution in [-0.2, 0) is 6.61 Å². The van der Waals surface area contributed by atoms with Gasteiger partial charge in [0, 0.05) is 25.3 Å². The van der Waals surface area contributed by atoms with Crippen LogP contribution in [0.3, 0.4) is 0 Å². The molecule has 0 saturated carbocycles. The number of amides is 2. The molecule has 2 aromatic rings. The molecular weight excluding hydrogens is 397 g/mol. The van der Waals surface area contributed by atoms with Crippen molar-refractivity contribution < 1.29 is 22.7 Å². The van der Waals surface area contributed by atoms with Crippen LogP contribution in [0, 0.1) is 5.21 Å². The first-order chi connectivity index (χ1) is 13.1. The molecule has 2 aromatic carbocycles. The second-order valence-electron chi connectivity index (χ2n) is 6.24. The van der Waals surface area contributed by atoms with Gasteiger partial charge in [-0.05, 0) is 11.6 Å². The van der Waals surface area contributed by atoms with Crippen molar-refractivity contribution in [3.05, 3.63) is 76.1 Å². The Labute approximate surface area is 164 Å². The molecule has 28 heavy (non-hydrogen) atoms. The molecular formula is C19H16ClF3N2O3. The highest BCUT2D eigenvalue weighted by molar-refractivity contribution is 6.32. The fourth-order valence-corrected chi connectivity index (χ4v) is 3.03. The fourth-order valence-electron chi connectivity index (χ4n) is 2.86. The smallest absolute Gasteiger partial charge is 0.431 e. The van der Waals surface area contributed by atoms with Crippen molar-refractivity contribution in [3.8, 4) is 5.75 Å². The van der Waals surface area contributed by atoms with Gasteiger partial charge in [0.1, 0.15) is 30.3 Å². The number of carbonyl (C=O) groups is 1. The summed E-state index contributed by atoms with van der Waals surface area (Å²) in [5, 5.41) is 13.3. The number of halogens is 4. The molecule has 3 rings (SSSR count). The Kier molecular flexibility index (Phi) is 5.38. The molecule has 1 atom stereocenters. The molecule has 0 fully saturated rings. The lowest BCUT2D eigenvalue weighted by atomic mass is 10.2. The van der Waals surface area contributed by atoms with Crippen LogP contribution in [0.1, 0.15) is 5.56 Å². The largest absolute Gasteiger partial charge is 0.618 e. The summed E-state index contributed by atoms with van der Waals surface area (Å²) in [6.45, 7) is -0.507. The van der Waals surface area contributed by atoms with Gasteiger partial charge in [-0.15, -0.1) is 0 Å². The Morgan fingerprint density at radius 1 is 1.21 bits per heavy atom. The normalized spacial score (nSPS) is 20.1. The lowest BCUT2D eigenvalue weighted by Crippen LogP contribution is -2.58. The SMILES string of the molecule is CN1C(=O)[N+]([O-])(c2ccc(Cl)c(OCc3ccccc3)c2)CC=C1C(F)(F)F. The van der Waals surface area contributed by atoms with Crippen LogP contribution < -0.4 is 9.38 Å². The highest BCUT2D eigenvalue weighted by atomic mass is 35.5. The molecule has 148 valence electrons. The Morgan fingerprint density at radius 3 is 2.54 bits per heavy atom. The third kappa shape index (κ3) is 3.84. The van der Waals surface area contributed by atoms with Gasteiger partial charge in [-0.2, -0.15) is 13.2 Å². The minimum atomic E-state index is -4.72. The number of urea groups is 1. The highest BCUT2D eigenvalue weighted by Crippen LogP contribution is 2.38. The molecule has 0 spiro atoms. The van der Waals surface area contributed by atoms with Crippen LogP contribution in [0.4, 0.5) is 23.7 Å². The Hall–Kier alpha value is -2.55. The van der Waals surface area contributed by atoms with E-state index in [1.807, 2.05) is 30.3 Å². The monoisotopic (exact) mass is 412 g/mol. The minimum Gasteiger partial charge on any atom is -0.618 e. The number of hydroxylamine groups is 2. The number of hydrogen-bond acceptors (Lipinski definition) is 3. The number of rotatable bonds is 4. The van der Waals surface area contributed by atoms with Gasteiger partial charge in [0.05, 0.1) is 5.02 Å². The third-order valence-corrected chi connectivity index (χ3v) is 4.67. The van der Waals surface area contributed by atoms with Crippen LogP contribution in [0.25, 0.3) is 0 Å². The van der Waals surface area contributed by atoms with Crippen LogP contribution in [0.5, 0.6) is 5.75 Å². The summed E-state index contributed by atoms with van der Waals surface area (Å²) >= 11 is 6.10. The van der Waals surface area contributed by atoms with E-state index in [2.05, 4.69) is 0 Å². The molecule has 0 aliphatic carbocycles. The number of carbonyl (C=O) groups excluding carboxylic acids is 1. The van der Waals surface area contributed by atoms with Gasteiger partial charge in [-0.1, -0.05) is 41.9 Å². The molecule has 1 heterocycles. The molecule has 5 nitrogen and oxygen atoms in total. The molecule has 0 radical (unpaired) electrons. The maximum absolute atomic E-state index is 13.1. The quantitative estimate of drug-likeness (QED) is 0.510. The van der Waals surface area contributed by atoms with Crippen molar-refractivity contribution >= 4 is 23.3 Å². The van der Waals surface area contributed by atoms with Crippen molar-refractivity contribution in [1.82, 2.24) is 9.55 Å². The second kappa shape index (κ2) is 7.46. The average Bonchev–Trinajstić information content (AvgIpc) is 2.65. The molecule has 1 unspecified atom stereocenters. The second-order valence-corrected chi connectivity index (χ2v) is 6.65. The molecule has 0 bridgehead atoms. The van der Waals surface area contributed by atoms with Gasteiger partial charge in [-0.3, -0.25) is 4.90 Å². The van der Waals surface area contributed by atoms with E-state index < -0.39 is 29.1 Å². The van der Waals surface area contributed by atoms with E-state index in [0.717, 1.165) is 12.6 Å². The van der Waals surface area contributed by atoms with Crippen LogP contribution in [0.15, 0.2) is 60.3 Å². The average molecular weight is 413 g/mol. The van der Waals surface area contributed by atoms with E-state index in [-0.39, 0.29) is 23.1 Å². The van der Waals surface area contributed by atoms with Gasteiger partial charge in [0.25, 0.3) is 0 Å². The van der Waals surface area contributed by atoms with Gasteiger partial charge in [0.15, 0.2) is 0 Å². The molecule has 0 aromatic heterocycles. The fraction of sp³-hybridized carbons (Fsp3) is 0.211. The Bertz CT molecular complexity index is 918. The van der Waals surface area contributed by atoms with Crippen molar-refractivity contribution in [3.63, 3.8) is 0 Å². The molecule has 2 amide bonds. The van der Waals surface area contributed by atoms with Gasteiger partial charge in [0.2, 0.25) is 0 Å². The minimum absolute atomic E-state index is 0.0678. The zero-order valence-corrected chi connectivity index (χ0v) is 15.5. The summed E-state index contributed by atoms with van der Waals surface area (Å²) in [5.41, 5.74) is -0.361. The number of ether oxygens (including phenoxy) is 1.